The third-order valence-corrected chi connectivity index (χ3v) is 4.33. The van der Waals surface area contributed by atoms with Crippen LogP contribution in [0.5, 0.6) is 0 Å². The molecule has 2 N–H and O–H groups in total. The Bertz CT molecular complexity index is 593. The molecule has 2 amide bonds. The van der Waals surface area contributed by atoms with Gasteiger partial charge in [0.2, 0.25) is 11.8 Å². The second-order valence-corrected chi connectivity index (χ2v) is 6.84. The molecule has 0 radical (unpaired) electrons. The van der Waals surface area contributed by atoms with Crippen LogP contribution in [0, 0.1) is 19.8 Å². The van der Waals surface area contributed by atoms with Gasteiger partial charge in [0, 0.05) is 13.1 Å². The van der Waals surface area contributed by atoms with Crippen LogP contribution in [0.25, 0.3) is 0 Å². The number of piperazine rings is 1. The van der Waals surface area contributed by atoms with E-state index in [0.29, 0.717) is 23.8 Å². The summed E-state index contributed by atoms with van der Waals surface area (Å²) in [6, 6.07) is 3.53. The van der Waals surface area contributed by atoms with Crippen LogP contribution in [-0.4, -0.2) is 42.4 Å². The number of hydrogen-bond acceptors (Lipinski definition) is 3. The Labute approximate surface area is 142 Å². The lowest BCUT2D eigenvalue weighted by molar-refractivity contribution is -0.132. The molecule has 1 aromatic carbocycles. The zero-order chi connectivity index (χ0) is 17.1. The fourth-order valence-corrected chi connectivity index (χ4v) is 3.44. The highest BCUT2D eigenvalue weighted by Gasteiger charge is 2.33. The van der Waals surface area contributed by atoms with Gasteiger partial charge in [-0.1, -0.05) is 31.5 Å². The summed E-state index contributed by atoms with van der Waals surface area (Å²) in [5.41, 5.74) is 2.63. The molecule has 0 spiro atoms. The van der Waals surface area contributed by atoms with Crippen molar-refractivity contribution in [2.45, 2.75) is 33.7 Å². The Morgan fingerprint density at radius 3 is 2.74 bits per heavy atom. The maximum Gasteiger partial charge on any atom is 0.238 e. The first kappa shape index (κ1) is 17.8. The molecule has 0 aromatic heterocycles. The Kier molecular flexibility index (Phi) is 5.65. The number of nitrogens with zero attached hydrogens (tertiary/aromatic N) is 1. The molecule has 1 atom stereocenters. The predicted molar refractivity (Wildman–Crippen MR) is 92.8 cm³/mol. The Morgan fingerprint density at radius 1 is 1.43 bits per heavy atom. The minimum Gasteiger partial charge on any atom is -0.353 e. The molecule has 1 aliphatic heterocycles. The van der Waals surface area contributed by atoms with Crippen LogP contribution < -0.4 is 10.6 Å². The van der Waals surface area contributed by atoms with Crippen molar-refractivity contribution in [3.63, 3.8) is 0 Å². The van der Waals surface area contributed by atoms with Crippen LogP contribution in [0.4, 0.5) is 5.69 Å². The van der Waals surface area contributed by atoms with E-state index in [9.17, 15) is 9.59 Å². The topological polar surface area (TPSA) is 61.4 Å². The second kappa shape index (κ2) is 7.32. The molecule has 2 rings (SSSR count). The minimum absolute atomic E-state index is 0.0106. The number of amides is 2. The molecule has 1 fully saturated rings. The standard InChI is InChI=1S/C17H24ClN3O2/c1-10(2)16-17(23)19-5-6-21(16)9-14(22)20-15-12(4)7-11(3)8-13(15)18/h7-8,10,16H,5-6,9H2,1-4H3,(H,19,23)(H,20,22)/t16-/m0/s1. The maximum absolute atomic E-state index is 12.4. The average Bonchev–Trinajstić information content (AvgIpc) is 2.42. The van der Waals surface area contributed by atoms with Crippen molar-refractivity contribution in [2.24, 2.45) is 5.92 Å². The number of nitrogens with one attached hydrogen (secondary N) is 2. The van der Waals surface area contributed by atoms with Gasteiger partial charge >= 0.3 is 0 Å². The highest BCUT2D eigenvalue weighted by atomic mass is 35.5. The molecule has 6 heteroatoms. The van der Waals surface area contributed by atoms with Crippen LogP contribution in [0.15, 0.2) is 12.1 Å². The summed E-state index contributed by atoms with van der Waals surface area (Å²) in [5.74, 6) is -0.0180. The number of hydrogen-bond donors (Lipinski definition) is 2. The van der Waals surface area contributed by atoms with Crippen LogP contribution in [-0.2, 0) is 9.59 Å². The normalized spacial score (nSPS) is 18.9. The summed E-state index contributed by atoms with van der Waals surface area (Å²) < 4.78 is 0. The van der Waals surface area contributed by atoms with Gasteiger partial charge in [0.1, 0.15) is 0 Å². The van der Waals surface area contributed by atoms with E-state index in [4.69, 9.17) is 11.6 Å². The van der Waals surface area contributed by atoms with Gasteiger partial charge in [-0.3, -0.25) is 14.5 Å². The molecule has 5 nitrogen and oxygen atoms in total. The van der Waals surface area contributed by atoms with Crippen LogP contribution in [0.2, 0.25) is 5.02 Å². The summed E-state index contributed by atoms with van der Waals surface area (Å²) >= 11 is 6.23. The third-order valence-electron chi connectivity index (χ3n) is 4.03. The van der Waals surface area contributed by atoms with Crippen molar-refractivity contribution < 1.29 is 9.59 Å². The number of carbonyl (C=O) groups excluding carboxylic acids is 2. The minimum atomic E-state index is -0.274. The molecule has 1 aromatic rings. The lowest BCUT2D eigenvalue weighted by atomic mass is 9.99. The van der Waals surface area contributed by atoms with Crippen LogP contribution >= 0.6 is 11.6 Å². The second-order valence-electron chi connectivity index (χ2n) is 6.44. The number of carbonyl (C=O) groups is 2. The van der Waals surface area contributed by atoms with E-state index in [0.717, 1.165) is 11.1 Å². The Morgan fingerprint density at radius 2 is 2.13 bits per heavy atom. The lowest BCUT2D eigenvalue weighted by Crippen LogP contribution is -2.58. The van der Waals surface area contributed by atoms with Crippen molar-refractivity contribution >= 4 is 29.1 Å². The molecule has 0 bridgehead atoms. The first-order valence-electron chi connectivity index (χ1n) is 7.88. The summed E-state index contributed by atoms with van der Waals surface area (Å²) in [6.45, 7) is 9.27. The van der Waals surface area contributed by atoms with Crippen molar-refractivity contribution in [3.8, 4) is 0 Å². The number of halogens is 1. The zero-order valence-electron chi connectivity index (χ0n) is 14.1. The summed E-state index contributed by atoms with van der Waals surface area (Å²) in [6.07, 6.45) is 0. The molecule has 1 heterocycles. The summed E-state index contributed by atoms with van der Waals surface area (Å²) in [5, 5.41) is 6.28. The Hall–Kier alpha value is -1.59. The fourth-order valence-electron chi connectivity index (χ4n) is 3.07. The quantitative estimate of drug-likeness (QED) is 0.886. The molecular formula is C17H24ClN3O2. The van der Waals surface area contributed by atoms with E-state index in [1.165, 1.54) is 0 Å². The SMILES string of the molecule is Cc1cc(C)c(NC(=O)CN2CCNC(=O)[C@@H]2C(C)C)c(Cl)c1. The summed E-state index contributed by atoms with van der Waals surface area (Å²) in [7, 11) is 0. The van der Waals surface area contributed by atoms with E-state index in [2.05, 4.69) is 10.6 Å². The van der Waals surface area contributed by atoms with Gasteiger partial charge in [0.15, 0.2) is 0 Å². The summed E-state index contributed by atoms with van der Waals surface area (Å²) in [4.78, 5) is 26.4. The van der Waals surface area contributed by atoms with Gasteiger partial charge in [0.25, 0.3) is 0 Å². The van der Waals surface area contributed by atoms with Crippen molar-refractivity contribution in [1.82, 2.24) is 10.2 Å². The van der Waals surface area contributed by atoms with E-state index >= 15 is 0 Å². The van der Waals surface area contributed by atoms with Gasteiger partial charge < -0.3 is 10.6 Å². The van der Waals surface area contributed by atoms with Crippen molar-refractivity contribution in [2.75, 3.05) is 25.0 Å². The van der Waals surface area contributed by atoms with Gasteiger partial charge in [-0.05, 0) is 37.0 Å². The van der Waals surface area contributed by atoms with Gasteiger partial charge in [-0.25, -0.2) is 0 Å². The van der Waals surface area contributed by atoms with Gasteiger partial charge in [0.05, 0.1) is 23.3 Å². The first-order valence-corrected chi connectivity index (χ1v) is 8.25. The van der Waals surface area contributed by atoms with E-state index in [-0.39, 0.29) is 30.3 Å². The van der Waals surface area contributed by atoms with Crippen molar-refractivity contribution in [1.29, 1.82) is 0 Å². The van der Waals surface area contributed by atoms with E-state index in [1.807, 2.05) is 44.7 Å². The monoisotopic (exact) mass is 337 g/mol. The van der Waals surface area contributed by atoms with Gasteiger partial charge in [-0.2, -0.15) is 0 Å². The van der Waals surface area contributed by atoms with Crippen LogP contribution in [0.1, 0.15) is 25.0 Å². The van der Waals surface area contributed by atoms with E-state index < -0.39 is 0 Å². The third kappa shape index (κ3) is 4.24. The average molecular weight is 338 g/mol. The molecule has 0 unspecified atom stereocenters. The Balaban J connectivity index is 2.08. The molecular weight excluding hydrogens is 314 g/mol. The highest BCUT2D eigenvalue weighted by Crippen LogP contribution is 2.27. The smallest absolute Gasteiger partial charge is 0.238 e. The molecule has 1 aliphatic rings. The van der Waals surface area contributed by atoms with E-state index in [1.54, 1.807) is 0 Å². The molecule has 0 saturated carbocycles. The zero-order valence-corrected chi connectivity index (χ0v) is 14.8. The largest absolute Gasteiger partial charge is 0.353 e. The molecule has 23 heavy (non-hydrogen) atoms. The number of aryl methyl sites for hydroxylation is 2. The van der Waals surface area contributed by atoms with Gasteiger partial charge in [-0.15, -0.1) is 0 Å². The number of benzene rings is 1. The predicted octanol–water partition coefficient (Wildman–Crippen LogP) is 2.35. The molecule has 126 valence electrons. The first-order chi connectivity index (χ1) is 10.8. The fraction of sp³-hybridized carbons (Fsp3) is 0.529. The lowest BCUT2D eigenvalue weighted by Gasteiger charge is -2.36. The molecule has 1 saturated heterocycles. The van der Waals surface area contributed by atoms with Crippen LogP contribution in [0.3, 0.4) is 0 Å². The highest BCUT2D eigenvalue weighted by molar-refractivity contribution is 6.34. The van der Waals surface area contributed by atoms with Crippen molar-refractivity contribution in [3.05, 3.63) is 28.3 Å². The maximum atomic E-state index is 12.4. The number of rotatable bonds is 4. The number of anilines is 1. The molecule has 0 aliphatic carbocycles.